The molecule has 0 bridgehead atoms. The summed E-state index contributed by atoms with van der Waals surface area (Å²) >= 11 is 0. The van der Waals surface area contributed by atoms with Crippen LogP contribution in [0, 0.1) is 11.7 Å². The number of hydrogen-bond acceptors (Lipinski definition) is 3. The molecule has 2 heterocycles. The summed E-state index contributed by atoms with van der Waals surface area (Å²) < 4.78 is 56.3. The highest BCUT2D eigenvalue weighted by molar-refractivity contribution is 5.77. The molecule has 126 valence electrons. The first-order valence-electron chi connectivity index (χ1n) is 7.48. The Kier molecular flexibility index (Phi) is 4.33. The Bertz CT molecular complexity index is 674. The molecule has 0 amide bonds. The lowest BCUT2D eigenvalue weighted by molar-refractivity contribution is -0.223. The van der Waals surface area contributed by atoms with Crippen LogP contribution in [0.25, 0.3) is 11.0 Å². The van der Waals surface area contributed by atoms with Crippen LogP contribution in [0.1, 0.15) is 18.6 Å². The quantitative estimate of drug-likeness (QED) is 0.871. The minimum absolute atomic E-state index is 0.287. The molecular formula is C16H17F4NO2. The Hall–Kier alpha value is -1.60. The average molecular weight is 331 g/mol. The van der Waals surface area contributed by atoms with Gasteiger partial charge < -0.3 is 9.52 Å². The summed E-state index contributed by atoms with van der Waals surface area (Å²) in [4.78, 5) is 1.98. The monoisotopic (exact) mass is 331 g/mol. The zero-order chi connectivity index (χ0) is 16.6. The van der Waals surface area contributed by atoms with Gasteiger partial charge in [0.1, 0.15) is 17.2 Å². The van der Waals surface area contributed by atoms with Crippen LogP contribution in [0.2, 0.25) is 0 Å². The number of fused-ring (bicyclic) bond motifs is 1. The molecule has 1 aromatic carbocycles. The van der Waals surface area contributed by atoms with Gasteiger partial charge >= 0.3 is 6.18 Å². The number of hydrogen-bond donors (Lipinski definition) is 1. The van der Waals surface area contributed by atoms with Gasteiger partial charge in [-0.25, -0.2) is 4.39 Å². The van der Waals surface area contributed by atoms with E-state index in [9.17, 15) is 22.7 Å². The second-order valence-electron chi connectivity index (χ2n) is 5.99. The molecule has 0 spiro atoms. The summed E-state index contributed by atoms with van der Waals surface area (Å²) in [6.07, 6.45) is -6.24. The summed E-state index contributed by atoms with van der Waals surface area (Å²) in [5.74, 6) is -0.441. The summed E-state index contributed by atoms with van der Waals surface area (Å²) in [7, 11) is 0. The molecule has 1 aliphatic heterocycles. The van der Waals surface area contributed by atoms with Gasteiger partial charge in [-0.05, 0) is 56.1 Å². The van der Waals surface area contributed by atoms with Crippen LogP contribution in [-0.2, 0) is 6.54 Å². The Morgan fingerprint density at radius 2 is 1.91 bits per heavy atom. The third-order valence-electron chi connectivity index (χ3n) is 4.32. The SMILES string of the molecule is OC(C1CCN(Cc2cc3cc(F)ccc3o2)CC1)C(F)(F)F. The Labute approximate surface area is 130 Å². The maximum Gasteiger partial charge on any atom is 0.414 e. The smallest absolute Gasteiger partial charge is 0.414 e. The van der Waals surface area contributed by atoms with E-state index in [1.165, 1.54) is 12.1 Å². The fourth-order valence-electron chi connectivity index (χ4n) is 3.06. The molecule has 23 heavy (non-hydrogen) atoms. The molecule has 7 heteroatoms. The van der Waals surface area contributed by atoms with E-state index in [1.54, 1.807) is 12.1 Å². The Balaban J connectivity index is 1.59. The van der Waals surface area contributed by atoms with Crippen molar-refractivity contribution in [3.8, 4) is 0 Å². The van der Waals surface area contributed by atoms with E-state index in [-0.39, 0.29) is 18.7 Å². The predicted octanol–water partition coefficient (Wildman–Crippen LogP) is 3.71. The maximum atomic E-state index is 13.2. The van der Waals surface area contributed by atoms with Crippen molar-refractivity contribution in [3.63, 3.8) is 0 Å². The molecule has 1 atom stereocenters. The van der Waals surface area contributed by atoms with Crippen LogP contribution in [0.15, 0.2) is 28.7 Å². The lowest BCUT2D eigenvalue weighted by Gasteiger charge is -2.34. The van der Waals surface area contributed by atoms with Gasteiger partial charge in [-0.3, -0.25) is 4.90 Å². The topological polar surface area (TPSA) is 36.6 Å². The number of alkyl halides is 3. The number of aliphatic hydroxyl groups is 1. The van der Waals surface area contributed by atoms with Gasteiger partial charge in [-0.15, -0.1) is 0 Å². The van der Waals surface area contributed by atoms with Crippen LogP contribution in [0.5, 0.6) is 0 Å². The molecule has 0 aliphatic carbocycles. The molecule has 1 saturated heterocycles. The zero-order valence-corrected chi connectivity index (χ0v) is 12.3. The molecule has 0 saturated carbocycles. The van der Waals surface area contributed by atoms with E-state index in [2.05, 4.69) is 0 Å². The van der Waals surface area contributed by atoms with Crippen LogP contribution in [0.3, 0.4) is 0 Å². The standard InChI is InChI=1S/C16H17F4NO2/c17-12-1-2-14-11(7-12)8-13(23-14)9-21-5-3-10(4-6-21)15(22)16(18,19)20/h1-2,7-8,10,15,22H,3-6,9H2. The number of benzene rings is 1. The van der Waals surface area contributed by atoms with Crippen molar-refractivity contribution >= 4 is 11.0 Å². The van der Waals surface area contributed by atoms with Gasteiger partial charge in [0.15, 0.2) is 6.10 Å². The highest BCUT2D eigenvalue weighted by Gasteiger charge is 2.44. The molecule has 0 radical (unpaired) electrons. The van der Waals surface area contributed by atoms with Crippen molar-refractivity contribution in [2.75, 3.05) is 13.1 Å². The Morgan fingerprint density at radius 3 is 2.57 bits per heavy atom. The van der Waals surface area contributed by atoms with E-state index >= 15 is 0 Å². The fraction of sp³-hybridized carbons (Fsp3) is 0.500. The van der Waals surface area contributed by atoms with E-state index in [0.29, 0.717) is 36.4 Å². The number of rotatable bonds is 3. The zero-order valence-electron chi connectivity index (χ0n) is 12.3. The Morgan fingerprint density at radius 1 is 1.22 bits per heavy atom. The maximum absolute atomic E-state index is 13.2. The molecule has 1 N–H and O–H groups in total. The average Bonchev–Trinajstić information content (AvgIpc) is 2.87. The molecule has 2 aromatic rings. The minimum atomic E-state index is -4.56. The molecule has 3 rings (SSSR count). The van der Waals surface area contributed by atoms with Gasteiger partial charge in [-0.1, -0.05) is 0 Å². The number of likely N-dealkylation sites (tertiary alicyclic amines) is 1. The van der Waals surface area contributed by atoms with Crippen molar-refractivity contribution in [3.05, 3.63) is 35.8 Å². The first-order valence-corrected chi connectivity index (χ1v) is 7.48. The van der Waals surface area contributed by atoms with Gasteiger partial charge in [0.25, 0.3) is 0 Å². The van der Waals surface area contributed by atoms with Crippen LogP contribution in [-0.4, -0.2) is 35.4 Å². The summed E-state index contributed by atoms with van der Waals surface area (Å²) in [6.45, 7) is 1.39. The molecular weight excluding hydrogens is 314 g/mol. The normalized spacial score (nSPS) is 19.3. The molecule has 1 unspecified atom stereocenters. The molecule has 1 aliphatic rings. The van der Waals surface area contributed by atoms with Crippen LogP contribution >= 0.6 is 0 Å². The molecule has 1 fully saturated rings. The van der Waals surface area contributed by atoms with Crippen molar-refractivity contribution in [2.24, 2.45) is 5.92 Å². The van der Waals surface area contributed by atoms with Gasteiger partial charge in [0.2, 0.25) is 0 Å². The predicted molar refractivity (Wildman–Crippen MR) is 76.2 cm³/mol. The van der Waals surface area contributed by atoms with Gasteiger partial charge in [-0.2, -0.15) is 13.2 Å². The van der Waals surface area contributed by atoms with Gasteiger partial charge in [0.05, 0.1) is 6.54 Å². The van der Waals surface area contributed by atoms with E-state index in [4.69, 9.17) is 4.42 Å². The lowest BCUT2D eigenvalue weighted by atomic mass is 9.91. The number of furan rings is 1. The highest BCUT2D eigenvalue weighted by Crippen LogP contribution is 2.32. The largest absolute Gasteiger partial charge is 0.460 e. The van der Waals surface area contributed by atoms with Crippen molar-refractivity contribution in [1.82, 2.24) is 4.90 Å². The number of nitrogens with zero attached hydrogens (tertiary/aromatic N) is 1. The third kappa shape index (κ3) is 3.67. The summed E-state index contributed by atoms with van der Waals surface area (Å²) in [5.41, 5.74) is 0.587. The molecule has 1 aromatic heterocycles. The summed E-state index contributed by atoms with van der Waals surface area (Å²) in [5, 5.41) is 9.98. The van der Waals surface area contributed by atoms with E-state index in [1.807, 2.05) is 4.90 Å². The lowest BCUT2D eigenvalue weighted by Crippen LogP contribution is -2.43. The number of aliphatic hydroxyl groups excluding tert-OH is 1. The van der Waals surface area contributed by atoms with Crippen LogP contribution in [0.4, 0.5) is 17.6 Å². The van der Waals surface area contributed by atoms with Crippen molar-refractivity contribution < 1.29 is 27.1 Å². The van der Waals surface area contributed by atoms with Crippen LogP contribution < -0.4 is 0 Å². The third-order valence-corrected chi connectivity index (χ3v) is 4.32. The van der Waals surface area contributed by atoms with E-state index in [0.717, 1.165) is 0 Å². The van der Waals surface area contributed by atoms with E-state index < -0.39 is 18.2 Å². The molecule has 3 nitrogen and oxygen atoms in total. The first kappa shape index (κ1) is 16.3. The fourth-order valence-corrected chi connectivity index (χ4v) is 3.06. The highest BCUT2D eigenvalue weighted by atomic mass is 19.4. The van der Waals surface area contributed by atoms with Gasteiger partial charge in [0, 0.05) is 5.39 Å². The minimum Gasteiger partial charge on any atom is -0.460 e. The second kappa shape index (κ2) is 6.13. The first-order chi connectivity index (χ1) is 10.8. The summed E-state index contributed by atoms with van der Waals surface area (Å²) in [6, 6.07) is 6.00. The number of piperidine rings is 1. The second-order valence-corrected chi connectivity index (χ2v) is 5.99. The number of halogens is 4. The van der Waals surface area contributed by atoms with Crippen molar-refractivity contribution in [1.29, 1.82) is 0 Å². The van der Waals surface area contributed by atoms with Crippen molar-refractivity contribution in [2.45, 2.75) is 31.7 Å².